The highest BCUT2D eigenvalue weighted by Gasteiger charge is 2.49. The molecule has 1 aliphatic heterocycles. The summed E-state index contributed by atoms with van der Waals surface area (Å²) >= 11 is 0. The van der Waals surface area contributed by atoms with Gasteiger partial charge in [0.25, 0.3) is 0 Å². The average molecular weight is 345 g/mol. The fourth-order valence-electron chi connectivity index (χ4n) is 2.42. The second-order valence-electron chi connectivity index (χ2n) is 7.06. The maximum Gasteiger partial charge on any atom is 0.435 e. The van der Waals surface area contributed by atoms with Gasteiger partial charge in [0.1, 0.15) is 24.4 Å². The van der Waals surface area contributed by atoms with Crippen molar-refractivity contribution in [1.29, 1.82) is 0 Å². The Morgan fingerprint density at radius 3 is 2.12 bits per heavy atom. The van der Waals surface area contributed by atoms with Crippen molar-refractivity contribution in [2.45, 2.75) is 72.3 Å². The van der Waals surface area contributed by atoms with Gasteiger partial charge in [0.05, 0.1) is 0 Å². The van der Waals surface area contributed by atoms with Crippen molar-refractivity contribution < 1.29 is 33.4 Å². The van der Waals surface area contributed by atoms with Crippen molar-refractivity contribution in [3.63, 3.8) is 0 Å². The molecule has 24 heavy (non-hydrogen) atoms. The number of carbonyl (C=O) groups is 3. The lowest BCUT2D eigenvalue weighted by Crippen LogP contribution is -2.52. The van der Waals surface area contributed by atoms with Crippen molar-refractivity contribution in [3.05, 3.63) is 0 Å². The third kappa shape index (κ3) is 5.67. The fourth-order valence-corrected chi connectivity index (χ4v) is 2.42. The van der Waals surface area contributed by atoms with Crippen molar-refractivity contribution in [1.82, 2.24) is 5.06 Å². The van der Waals surface area contributed by atoms with Crippen LogP contribution in [0.3, 0.4) is 0 Å². The molecule has 0 spiro atoms. The van der Waals surface area contributed by atoms with E-state index in [4.69, 9.17) is 19.0 Å². The first kappa shape index (κ1) is 20.2. The van der Waals surface area contributed by atoms with Crippen LogP contribution in [0.4, 0.5) is 4.79 Å². The number of hydrogen-bond donors (Lipinski definition) is 0. The molecular weight excluding hydrogens is 318 g/mol. The van der Waals surface area contributed by atoms with Crippen LogP contribution < -0.4 is 0 Å². The number of nitrogens with zero attached hydrogens (tertiary/aromatic N) is 1. The van der Waals surface area contributed by atoms with E-state index < -0.39 is 41.9 Å². The highest BCUT2D eigenvalue weighted by molar-refractivity contribution is 5.69. The Morgan fingerprint density at radius 2 is 1.71 bits per heavy atom. The van der Waals surface area contributed by atoms with Crippen molar-refractivity contribution in [2.24, 2.45) is 5.92 Å². The van der Waals surface area contributed by atoms with E-state index in [1.165, 1.54) is 13.8 Å². The van der Waals surface area contributed by atoms with Gasteiger partial charge in [0.15, 0.2) is 6.10 Å². The Morgan fingerprint density at radius 1 is 1.12 bits per heavy atom. The van der Waals surface area contributed by atoms with Gasteiger partial charge < -0.3 is 14.2 Å². The molecule has 0 aromatic rings. The zero-order valence-electron chi connectivity index (χ0n) is 15.3. The molecule has 8 heteroatoms. The van der Waals surface area contributed by atoms with Gasteiger partial charge in [-0.1, -0.05) is 13.8 Å². The number of esters is 2. The third-order valence-corrected chi connectivity index (χ3v) is 3.22. The van der Waals surface area contributed by atoms with Crippen LogP contribution in [0.1, 0.15) is 48.5 Å². The number of carbonyl (C=O) groups excluding carboxylic acids is 3. The Balaban J connectivity index is 3.10. The van der Waals surface area contributed by atoms with E-state index in [1.807, 2.05) is 13.8 Å². The highest BCUT2D eigenvalue weighted by atomic mass is 16.8. The van der Waals surface area contributed by atoms with E-state index >= 15 is 0 Å². The topological polar surface area (TPSA) is 91.4 Å². The van der Waals surface area contributed by atoms with Crippen LogP contribution in [0.5, 0.6) is 0 Å². The summed E-state index contributed by atoms with van der Waals surface area (Å²) < 4.78 is 15.9. The first-order valence-corrected chi connectivity index (χ1v) is 7.92. The van der Waals surface area contributed by atoms with Gasteiger partial charge in [-0.3, -0.25) is 14.4 Å². The molecule has 0 unspecified atom stereocenters. The standard InChI is InChI=1S/C16H27NO7/c1-9(2)14(23-11(4)19)13-12(22-10(3)18)8-21-17(13)15(20)24-16(5,6)7/h9,12-14H,8H2,1-7H3/t12-,13+,14-/m1/s1. The summed E-state index contributed by atoms with van der Waals surface area (Å²) in [5, 5.41) is 1.01. The minimum atomic E-state index is -0.785. The number of ether oxygens (including phenoxy) is 3. The van der Waals surface area contributed by atoms with Gasteiger partial charge in [-0.25, -0.2) is 4.79 Å². The first-order chi connectivity index (χ1) is 10.9. The van der Waals surface area contributed by atoms with Gasteiger partial charge in [-0.2, -0.15) is 5.06 Å². The minimum absolute atomic E-state index is 0.0199. The van der Waals surface area contributed by atoms with Crippen molar-refractivity contribution in [2.75, 3.05) is 6.61 Å². The van der Waals surface area contributed by atoms with Gasteiger partial charge in [0.2, 0.25) is 0 Å². The predicted octanol–water partition coefficient (Wildman–Crippen LogP) is 2.06. The Hall–Kier alpha value is -1.83. The molecule has 0 radical (unpaired) electrons. The van der Waals surface area contributed by atoms with Crippen molar-refractivity contribution >= 4 is 18.0 Å². The van der Waals surface area contributed by atoms with Gasteiger partial charge in [-0.05, 0) is 26.7 Å². The summed E-state index contributed by atoms with van der Waals surface area (Å²) in [4.78, 5) is 40.6. The molecule has 0 saturated carbocycles. The zero-order valence-corrected chi connectivity index (χ0v) is 15.3. The van der Waals surface area contributed by atoms with Crippen LogP contribution >= 0.6 is 0 Å². The van der Waals surface area contributed by atoms with Crippen LogP contribution in [0, 0.1) is 5.92 Å². The van der Waals surface area contributed by atoms with Gasteiger partial charge >= 0.3 is 18.0 Å². The fraction of sp³-hybridized carbons (Fsp3) is 0.812. The number of hydroxylamine groups is 2. The third-order valence-electron chi connectivity index (χ3n) is 3.22. The van der Waals surface area contributed by atoms with Gasteiger partial charge in [0, 0.05) is 13.8 Å². The Bertz CT molecular complexity index is 483. The van der Waals surface area contributed by atoms with Crippen LogP contribution in [0.25, 0.3) is 0 Å². The monoisotopic (exact) mass is 345 g/mol. The van der Waals surface area contributed by atoms with Crippen LogP contribution in [0.2, 0.25) is 0 Å². The molecule has 0 aromatic carbocycles. The molecule has 1 aliphatic rings. The largest absolute Gasteiger partial charge is 0.460 e. The number of amides is 1. The normalized spacial score (nSPS) is 22.2. The molecule has 3 atom stereocenters. The average Bonchev–Trinajstić information content (AvgIpc) is 2.76. The van der Waals surface area contributed by atoms with E-state index in [9.17, 15) is 14.4 Å². The summed E-state index contributed by atoms with van der Waals surface area (Å²) in [5.74, 6) is -1.14. The quantitative estimate of drug-likeness (QED) is 0.569. The van der Waals surface area contributed by atoms with E-state index in [0.717, 1.165) is 5.06 Å². The lowest BCUT2D eigenvalue weighted by molar-refractivity contribution is -0.171. The molecule has 1 fully saturated rings. The minimum Gasteiger partial charge on any atom is -0.460 e. The second-order valence-corrected chi connectivity index (χ2v) is 7.06. The van der Waals surface area contributed by atoms with Crippen LogP contribution in [0.15, 0.2) is 0 Å². The molecule has 8 nitrogen and oxygen atoms in total. The SMILES string of the molecule is CC(=O)O[C@H](C(C)C)[C@@H]1[C@H](OC(C)=O)CON1C(=O)OC(C)(C)C. The molecule has 1 heterocycles. The molecular formula is C16H27NO7. The number of rotatable bonds is 4. The molecule has 1 rings (SSSR count). The smallest absolute Gasteiger partial charge is 0.435 e. The maximum absolute atomic E-state index is 12.4. The Labute approximate surface area is 142 Å². The summed E-state index contributed by atoms with van der Waals surface area (Å²) in [5.41, 5.74) is -0.723. The van der Waals surface area contributed by atoms with Crippen LogP contribution in [-0.2, 0) is 28.6 Å². The second kappa shape index (κ2) is 7.83. The molecule has 0 bridgehead atoms. The van der Waals surface area contributed by atoms with Gasteiger partial charge in [-0.15, -0.1) is 0 Å². The summed E-state index contributed by atoms with van der Waals surface area (Å²) in [6.07, 6.45) is -2.18. The maximum atomic E-state index is 12.4. The molecule has 1 amide bonds. The molecule has 138 valence electrons. The van der Waals surface area contributed by atoms with E-state index in [2.05, 4.69) is 0 Å². The summed E-state index contributed by atoms with van der Waals surface area (Å²) in [6.45, 7) is 11.4. The van der Waals surface area contributed by atoms with Crippen molar-refractivity contribution in [3.8, 4) is 0 Å². The number of hydrogen-bond acceptors (Lipinski definition) is 7. The lowest BCUT2D eigenvalue weighted by atomic mass is 9.95. The Kier molecular flexibility index (Phi) is 6.59. The molecule has 1 saturated heterocycles. The van der Waals surface area contributed by atoms with Crippen LogP contribution in [-0.4, -0.2) is 53.6 Å². The zero-order chi connectivity index (χ0) is 18.7. The lowest BCUT2D eigenvalue weighted by Gasteiger charge is -2.34. The van der Waals surface area contributed by atoms with E-state index in [0.29, 0.717) is 0 Å². The molecule has 0 aromatic heterocycles. The molecule has 0 N–H and O–H groups in total. The van der Waals surface area contributed by atoms with E-state index in [-0.39, 0.29) is 12.5 Å². The van der Waals surface area contributed by atoms with E-state index in [1.54, 1.807) is 20.8 Å². The first-order valence-electron chi connectivity index (χ1n) is 7.92. The highest BCUT2D eigenvalue weighted by Crippen LogP contribution is 2.29. The summed E-state index contributed by atoms with van der Waals surface area (Å²) in [6, 6.07) is -0.785. The summed E-state index contributed by atoms with van der Waals surface area (Å²) in [7, 11) is 0. The predicted molar refractivity (Wildman–Crippen MR) is 83.8 cm³/mol. The molecule has 0 aliphatic carbocycles.